The van der Waals surface area contributed by atoms with Crippen LogP contribution < -0.4 is 20.5 Å². The second kappa shape index (κ2) is 9.49. The van der Waals surface area contributed by atoms with Crippen molar-refractivity contribution in [3.8, 4) is 11.6 Å². The van der Waals surface area contributed by atoms with Crippen molar-refractivity contribution in [2.75, 3.05) is 38.8 Å². The molecular weight excluding hydrogens is 310 g/mol. The molecule has 128 valence electrons. The SMILES string of the molecule is COCCOc1cc(C(=O)Nc2ccc(OCCN)cc2)ccn1. The van der Waals surface area contributed by atoms with E-state index in [9.17, 15) is 4.79 Å². The fourth-order valence-corrected chi connectivity index (χ4v) is 1.87. The highest BCUT2D eigenvalue weighted by molar-refractivity contribution is 6.04. The van der Waals surface area contributed by atoms with Crippen LogP contribution in [0.4, 0.5) is 5.69 Å². The Morgan fingerprint density at radius 2 is 1.92 bits per heavy atom. The Kier molecular flexibility index (Phi) is 7.00. The molecule has 0 aliphatic rings. The van der Waals surface area contributed by atoms with Crippen molar-refractivity contribution in [2.24, 2.45) is 5.73 Å². The van der Waals surface area contributed by atoms with Crippen LogP contribution in [-0.2, 0) is 4.74 Å². The second-order valence-electron chi connectivity index (χ2n) is 4.84. The van der Waals surface area contributed by atoms with Crippen molar-refractivity contribution in [2.45, 2.75) is 0 Å². The van der Waals surface area contributed by atoms with E-state index in [-0.39, 0.29) is 5.91 Å². The van der Waals surface area contributed by atoms with Crippen LogP contribution in [0.15, 0.2) is 42.6 Å². The maximum absolute atomic E-state index is 12.3. The minimum Gasteiger partial charge on any atom is -0.492 e. The van der Waals surface area contributed by atoms with Gasteiger partial charge in [0.15, 0.2) is 0 Å². The molecule has 1 aromatic carbocycles. The molecule has 0 aliphatic carbocycles. The molecule has 0 radical (unpaired) electrons. The van der Waals surface area contributed by atoms with E-state index in [1.165, 1.54) is 6.20 Å². The lowest BCUT2D eigenvalue weighted by Gasteiger charge is -2.09. The average molecular weight is 331 g/mol. The number of nitrogens with zero attached hydrogens (tertiary/aromatic N) is 1. The number of aromatic nitrogens is 1. The first-order valence-corrected chi connectivity index (χ1v) is 7.55. The molecule has 0 aliphatic heterocycles. The Balaban J connectivity index is 1.95. The van der Waals surface area contributed by atoms with Crippen molar-refractivity contribution in [3.05, 3.63) is 48.2 Å². The van der Waals surface area contributed by atoms with Crippen LogP contribution in [0.5, 0.6) is 11.6 Å². The minimum absolute atomic E-state index is 0.246. The highest BCUT2D eigenvalue weighted by Gasteiger charge is 2.08. The number of carbonyl (C=O) groups is 1. The van der Waals surface area contributed by atoms with Gasteiger partial charge in [-0.3, -0.25) is 4.79 Å². The minimum atomic E-state index is -0.246. The second-order valence-corrected chi connectivity index (χ2v) is 4.84. The van der Waals surface area contributed by atoms with Crippen molar-refractivity contribution in [3.63, 3.8) is 0 Å². The summed E-state index contributed by atoms with van der Waals surface area (Å²) >= 11 is 0. The van der Waals surface area contributed by atoms with Gasteiger partial charge in [0.1, 0.15) is 19.0 Å². The van der Waals surface area contributed by atoms with Gasteiger partial charge in [0.2, 0.25) is 5.88 Å². The molecule has 0 atom stereocenters. The number of methoxy groups -OCH3 is 1. The van der Waals surface area contributed by atoms with Crippen molar-refractivity contribution in [1.29, 1.82) is 0 Å². The normalized spacial score (nSPS) is 10.2. The molecule has 2 aromatic rings. The Hall–Kier alpha value is -2.64. The summed E-state index contributed by atoms with van der Waals surface area (Å²) in [5.41, 5.74) is 6.51. The van der Waals surface area contributed by atoms with Crippen LogP contribution in [0.25, 0.3) is 0 Å². The highest BCUT2D eigenvalue weighted by atomic mass is 16.5. The molecule has 1 aromatic heterocycles. The summed E-state index contributed by atoms with van der Waals surface area (Å²) in [6.07, 6.45) is 1.53. The van der Waals surface area contributed by atoms with Crippen LogP contribution >= 0.6 is 0 Å². The van der Waals surface area contributed by atoms with Gasteiger partial charge in [-0.15, -0.1) is 0 Å². The number of pyridine rings is 1. The predicted molar refractivity (Wildman–Crippen MR) is 90.6 cm³/mol. The number of benzene rings is 1. The van der Waals surface area contributed by atoms with E-state index in [1.54, 1.807) is 43.5 Å². The Labute approximate surface area is 140 Å². The van der Waals surface area contributed by atoms with Crippen molar-refractivity contribution < 1.29 is 19.0 Å². The molecule has 2 rings (SSSR count). The molecule has 7 nitrogen and oxygen atoms in total. The quantitative estimate of drug-likeness (QED) is 0.679. The van der Waals surface area contributed by atoms with Gasteiger partial charge in [-0.25, -0.2) is 4.98 Å². The number of anilines is 1. The summed E-state index contributed by atoms with van der Waals surface area (Å²) in [5.74, 6) is 0.839. The number of ether oxygens (including phenoxy) is 3. The maximum Gasteiger partial charge on any atom is 0.255 e. The third-order valence-corrected chi connectivity index (χ3v) is 3.03. The summed E-state index contributed by atoms with van der Waals surface area (Å²) in [5, 5.41) is 2.81. The Morgan fingerprint density at radius 1 is 1.12 bits per heavy atom. The molecule has 0 saturated heterocycles. The number of hydrogen-bond acceptors (Lipinski definition) is 6. The van der Waals surface area contributed by atoms with Gasteiger partial charge in [-0.05, 0) is 30.3 Å². The lowest BCUT2D eigenvalue weighted by Crippen LogP contribution is -2.13. The molecule has 0 spiro atoms. The molecule has 7 heteroatoms. The zero-order valence-electron chi connectivity index (χ0n) is 13.5. The van der Waals surface area contributed by atoms with E-state index in [1.807, 2.05) is 0 Å². The molecule has 0 bridgehead atoms. The topological polar surface area (TPSA) is 95.7 Å². The summed E-state index contributed by atoms with van der Waals surface area (Å²) in [4.78, 5) is 16.3. The van der Waals surface area contributed by atoms with Crippen molar-refractivity contribution in [1.82, 2.24) is 4.98 Å². The first-order valence-electron chi connectivity index (χ1n) is 7.55. The van der Waals surface area contributed by atoms with E-state index in [2.05, 4.69) is 10.3 Å². The number of hydrogen-bond donors (Lipinski definition) is 2. The maximum atomic E-state index is 12.3. The van der Waals surface area contributed by atoms with Crippen LogP contribution in [-0.4, -0.2) is 44.4 Å². The van der Waals surface area contributed by atoms with Crippen LogP contribution in [0.1, 0.15) is 10.4 Å². The van der Waals surface area contributed by atoms with E-state index in [0.717, 1.165) is 0 Å². The fourth-order valence-electron chi connectivity index (χ4n) is 1.87. The molecule has 0 saturated carbocycles. The molecular formula is C17H21N3O4. The number of rotatable bonds is 9. The summed E-state index contributed by atoms with van der Waals surface area (Å²) in [6.45, 7) is 1.74. The third-order valence-electron chi connectivity index (χ3n) is 3.03. The van der Waals surface area contributed by atoms with Crippen LogP contribution in [0.3, 0.4) is 0 Å². The van der Waals surface area contributed by atoms with E-state index in [4.69, 9.17) is 19.9 Å². The van der Waals surface area contributed by atoms with Crippen LogP contribution in [0, 0.1) is 0 Å². The number of nitrogens with two attached hydrogens (primary N) is 1. The summed E-state index contributed by atoms with van der Waals surface area (Å²) in [7, 11) is 1.59. The summed E-state index contributed by atoms with van der Waals surface area (Å²) < 4.78 is 15.7. The molecule has 24 heavy (non-hydrogen) atoms. The monoisotopic (exact) mass is 331 g/mol. The summed E-state index contributed by atoms with van der Waals surface area (Å²) in [6, 6.07) is 10.3. The van der Waals surface area contributed by atoms with Gasteiger partial charge in [-0.1, -0.05) is 0 Å². The fraction of sp³-hybridized carbons (Fsp3) is 0.294. The van der Waals surface area contributed by atoms with Gasteiger partial charge in [0, 0.05) is 37.2 Å². The average Bonchev–Trinajstić information content (AvgIpc) is 2.61. The molecule has 1 heterocycles. The third kappa shape index (κ3) is 5.53. The largest absolute Gasteiger partial charge is 0.492 e. The molecule has 0 fully saturated rings. The number of nitrogens with one attached hydrogen (secondary N) is 1. The zero-order chi connectivity index (χ0) is 17.2. The molecule has 1 amide bonds. The van der Waals surface area contributed by atoms with Gasteiger partial charge in [0.05, 0.1) is 6.61 Å². The van der Waals surface area contributed by atoms with Crippen molar-refractivity contribution >= 4 is 11.6 Å². The number of carbonyl (C=O) groups excluding carboxylic acids is 1. The zero-order valence-corrected chi connectivity index (χ0v) is 13.5. The first-order chi connectivity index (χ1) is 11.7. The first kappa shape index (κ1) is 17.7. The van der Waals surface area contributed by atoms with Gasteiger partial charge in [0.25, 0.3) is 5.91 Å². The van der Waals surface area contributed by atoms with E-state index in [0.29, 0.717) is 49.2 Å². The molecule has 0 unspecified atom stereocenters. The van der Waals surface area contributed by atoms with Gasteiger partial charge in [-0.2, -0.15) is 0 Å². The smallest absolute Gasteiger partial charge is 0.255 e. The van der Waals surface area contributed by atoms with E-state index < -0.39 is 0 Å². The van der Waals surface area contributed by atoms with E-state index >= 15 is 0 Å². The van der Waals surface area contributed by atoms with Gasteiger partial charge < -0.3 is 25.3 Å². The molecule has 3 N–H and O–H groups in total. The highest BCUT2D eigenvalue weighted by Crippen LogP contribution is 2.17. The van der Waals surface area contributed by atoms with Gasteiger partial charge >= 0.3 is 0 Å². The predicted octanol–water partition coefficient (Wildman–Crippen LogP) is 1.70. The lowest BCUT2D eigenvalue weighted by atomic mass is 10.2. The standard InChI is InChI=1S/C17H21N3O4/c1-22-10-11-24-16-12-13(6-8-19-16)17(21)20-14-2-4-15(5-3-14)23-9-7-18/h2-6,8,12H,7,9-11,18H2,1H3,(H,20,21). The lowest BCUT2D eigenvalue weighted by molar-refractivity contribution is 0.102. The van der Waals surface area contributed by atoms with Crippen LogP contribution in [0.2, 0.25) is 0 Å². The number of amides is 1. The Bertz CT molecular complexity index is 647. The Morgan fingerprint density at radius 3 is 2.62 bits per heavy atom.